The summed E-state index contributed by atoms with van der Waals surface area (Å²) < 4.78 is 37.1. The van der Waals surface area contributed by atoms with Gasteiger partial charge in [-0.25, -0.2) is 0 Å². The van der Waals surface area contributed by atoms with E-state index in [1.54, 1.807) is 23.2 Å². The molecule has 0 radical (unpaired) electrons. The second-order valence-corrected chi connectivity index (χ2v) is 3.87. The zero-order valence-corrected chi connectivity index (χ0v) is 10.1. The molecule has 0 fully saturated rings. The van der Waals surface area contributed by atoms with E-state index in [2.05, 4.69) is 10.4 Å². The number of halogens is 3. The third kappa shape index (κ3) is 4.74. The van der Waals surface area contributed by atoms with E-state index in [1.165, 1.54) is 0 Å². The van der Waals surface area contributed by atoms with Crippen molar-refractivity contribution in [1.82, 2.24) is 20.4 Å². The molecule has 5 nitrogen and oxygen atoms in total. The molecule has 2 N–H and O–H groups in total. The Hall–Kier alpha value is -1.57. The molecular formula is C10H15F3N4O. The van der Waals surface area contributed by atoms with E-state index in [9.17, 15) is 18.0 Å². The van der Waals surface area contributed by atoms with Gasteiger partial charge in [0.1, 0.15) is 6.54 Å². The summed E-state index contributed by atoms with van der Waals surface area (Å²) in [6.45, 7) is 0.788. The molecule has 8 heteroatoms. The van der Waals surface area contributed by atoms with Crippen molar-refractivity contribution in [2.75, 3.05) is 13.1 Å². The molecule has 18 heavy (non-hydrogen) atoms. The Balaban J connectivity index is 2.26. The lowest BCUT2D eigenvalue weighted by atomic mass is 10.2. The van der Waals surface area contributed by atoms with E-state index < -0.39 is 18.6 Å². The van der Waals surface area contributed by atoms with E-state index in [1.807, 2.05) is 6.92 Å². The van der Waals surface area contributed by atoms with Crippen LogP contribution in [0.15, 0.2) is 6.20 Å². The second-order valence-electron chi connectivity index (χ2n) is 3.87. The number of amides is 1. The van der Waals surface area contributed by atoms with E-state index in [4.69, 9.17) is 0 Å². The predicted octanol–water partition coefficient (Wildman–Crippen LogP) is 0.497. The van der Waals surface area contributed by atoms with Crippen LogP contribution in [0, 0.1) is 6.92 Å². The smallest absolute Gasteiger partial charge is 0.346 e. The zero-order valence-electron chi connectivity index (χ0n) is 10.1. The molecule has 0 aromatic carbocycles. The van der Waals surface area contributed by atoms with Gasteiger partial charge in [0.15, 0.2) is 0 Å². The zero-order chi connectivity index (χ0) is 13.8. The summed E-state index contributed by atoms with van der Waals surface area (Å²) in [7, 11) is 1.79. The number of carbonyl (C=O) groups is 1. The van der Waals surface area contributed by atoms with Crippen LogP contribution in [0.1, 0.15) is 11.3 Å². The number of carbonyl (C=O) groups excluding carboxylic acids is 1. The Kier molecular flexibility index (Phi) is 4.71. The minimum absolute atomic E-state index is 0.162. The fraction of sp³-hybridized carbons (Fsp3) is 0.600. The van der Waals surface area contributed by atoms with Crippen LogP contribution in [-0.2, 0) is 18.4 Å². The van der Waals surface area contributed by atoms with Gasteiger partial charge < -0.3 is 10.6 Å². The van der Waals surface area contributed by atoms with Crippen LogP contribution < -0.4 is 10.6 Å². The predicted molar refractivity (Wildman–Crippen MR) is 58.7 cm³/mol. The fourth-order valence-electron chi connectivity index (χ4n) is 1.29. The number of hydrogen-bond donors (Lipinski definition) is 2. The van der Waals surface area contributed by atoms with Gasteiger partial charge in [0.2, 0.25) is 5.91 Å². The van der Waals surface area contributed by atoms with Crippen LogP contribution in [0.2, 0.25) is 0 Å². The quantitative estimate of drug-likeness (QED) is 0.814. The first-order chi connectivity index (χ1) is 8.29. The summed E-state index contributed by atoms with van der Waals surface area (Å²) in [5.74, 6) is -0.686. The van der Waals surface area contributed by atoms with Crippen molar-refractivity contribution in [3.63, 3.8) is 0 Å². The highest BCUT2D eigenvalue weighted by atomic mass is 19.4. The molecule has 1 heterocycles. The first kappa shape index (κ1) is 14.5. The number of aromatic nitrogens is 2. The number of nitrogens with one attached hydrogen (secondary N) is 2. The minimum atomic E-state index is -4.38. The number of aryl methyl sites for hydroxylation is 1. The molecule has 0 unspecified atom stereocenters. The Morgan fingerprint density at radius 3 is 2.67 bits per heavy atom. The van der Waals surface area contributed by atoms with Gasteiger partial charge in [0.05, 0.1) is 12.7 Å². The molecule has 0 aliphatic carbocycles. The maximum Gasteiger partial charge on any atom is 0.405 e. The molecule has 1 aromatic rings. The number of alkyl halides is 3. The SMILES string of the molecule is Cc1c(CNCC(=O)NCC(F)(F)F)cnn1C. The molecule has 1 aromatic heterocycles. The highest BCUT2D eigenvalue weighted by Gasteiger charge is 2.27. The van der Waals surface area contributed by atoms with Crippen molar-refractivity contribution >= 4 is 5.91 Å². The van der Waals surface area contributed by atoms with Crippen LogP contribution >= 0.6 is 0 Å². The van der Waals surface area contributed by atoms with E-state index in [-0.39, 0.29) is 6.54 Å². The molecule has 0 saturated carbocycles. The summed E-state index contributed by atoms with van der Waals surface area (Å²) in [6, 6.07) is 0. The summed E-state index contributed by atoms with van der Waals surface area (Å²) in [4.78, 5) is 11.1. The minimum Gasteiger partial charge on any atom is -0.346 e. The van der Waals surface area contributed by atoms with Crippen molar-refractivity contribution in [3.8, 4) is 0 Å². The summed E-state index contributed by atoms with van der Waals surface area (Å²) >= 11 is 0. The van der Waals surface area contributed by atoms with E-state index >= 15 is 0 Å². The lowest BCUT2D eigenvalue weighted by Crippen LogP contribution is -2.39. The molecule has 0 aliphatic heterocycles. The molecular weight excluding hydrogens is 249 g/mol. The van der Waals surface area contributed by atoms with E-state index in [0.29, 0.717) is 6.54 Å². The first-order valence-electron chi connectivity index (χ1n) is 5.31. The van der Waals surface area contributed by atoms with Gasteiger partial charge in [-0.2, -0.15) is 18.3 Å². The van der Waals surface area contributed by atoms with Crippen molar-refractivity contribution < 1.29 is 18.0 Å². The maximum absolute atomic E-state index is 11.8. The fourth-order valence-corrected chi connectivity index (χ4v) is 1.29. The average Bonchev–Trinajstić information content (AvgIpc) is 2.57. The van der Waals surface area contributed by atoms with Crippen molar-refractivity contribution in [1.29, 1.82) is 0 Å². The topological polar surface area (TPSA) is 59.0 Å². The normalized spacial score (nSPS) is 11.6. The van der Waals surface area contributed by atoms with Crippen molar-refractivity contribution in [3.05, 3.63) is 17.5 Å². The average molecular weight is 264 g/mol. The molecule has 0 bridgehead atoms. The van der Waals surface area contributed by atoms with Gasteiger partial charge in [-0.3, -0.25) is 9.48 Å². The van der Waals surface area contributed by atoms with Gasteiger partial charge in [-0.15, -0.1) is 0 Å². The third-order valence-electron chi connectivity index (χ3n) is 2.42. The van der Waals surface area contributed by atoms with Crippen molar-refractivity contribution in [2.24, 2.45) is 7.05 Å². The molecule has 0 atom stereocenters. The van der Waals surface area contributed by atoms with Crippen LogP contribution in [0.3, 0.4) is 0 Å². The highest BCUT2D eigenvalue weighted by Crippen LogP contribution is 2.11. The van der Waals surface area contributed by atoms with Crippen LogP contribution in [0.4, 0.5) is 13.2 Å². The summed E-state index contributed by atoms with van der Waals surface area (Å²) in [5, 5.41) is 8.55. The molecule has 1 rings (SSSR count). The first-order valence-corrected chi connectivity index (χ1v) is 5.31. The van der Waals surface area contributed by atoms with Gasteiger partial charge in [0, 0.05) is 24.8 Å². The lowest BCUT2D eigenvalue weighted by molar-refractivity contribution is -0.137. The Bertz CT molecular complexity index is 414. The molecule has 0 aliphatic rings. The molecule has 1 amide bonds. The summed E-state index contributed by atoms with van der Waals surface area (Å²) in [5.41, 5.74) is 1.85. The number of rotatable bonds is 5. The number of hydrogen-bond acceptors (Lipinski definition) is 3. The Labute approximate surface area is 102 Å². The van der Waals surface area contributed by atoms with Gasteiger partial charge in [0.25, 0.3) is 0 Å². The third-order valence-corrected chi connectivity index (χ3v) is 2.42. The van der Waals surface area contributed by atoms with Crippen LogP contribution in [-0.4, -0.2) is 35.0 Å². The maximum atomic E-state index is 11.8. The van der Waals surface area contributed by atoms with E-state index in [0.717, 1.165) is 11.3 Å². The standard InChI is InChI=1S/C10H15F3N4O/c1-7-8(4-16-17(7)2)3-14-5-9(18)15-6-10(11,12)13/h4,14H,3,5-6H2,1-2H3,(H,15,18). The monoisotopic (exact) mass is 264 g/mol. The van der Waals surface area contributed by atoms with Crippen molar-refractivity contribution in [2.45, 2.75) is 19.6 Å². The van der Waals surface area contributed by atoms with Crippen LogP contribution in [0.25, 0.3) is 0 Å². The second kappa shape index (κ2) is 5.85. The molecule has 0 saturated heterocycles. The molecule has 102 valence electrons. The number of nitrogens with zero attached hydrogens (tertiary/aromatic N) is 2. The van der Waals surface area contributed by atoms with Gasteiger partial charge >= 0.3 is 6.18 Å². The Morgan fingerprint density at radius 2 is 2.17 bits per heavy atom. The summed E-state index contributed by atoms with van der Waals surface area (Å²) in [6.07, 6.45) is -2.73. The molecule has 0 spiro atoms. The lowest BCUT2D eigenvalue weighted by Gasteiger charge is -2.08. The van der Waals surface area contributed by atoms with Crippen LogP contribution in [0.5, 0.6) is 0 Å². The van der Waals surface area contributed by atoms with Gasteiger partial charge in [-0.05, 0) is 6.92 Å². The van der Waals surface area contributed by atoms with Gasteiger partial charge in [-0.1, -0.05) is 0 Å². The largest absolute Gasteiger partial charge is 0.405 e. The Morgan fingerprint density at radius 1 is 1.50 bits per heavy atom. The highest BCUT2D eigenvalue weighted by molar-refractivity contribution is 5.78.